The summed E-state index contributed by atoms with van der Waals surface area (Å²) in [5, 5.41) is 2.99. The van der Waals surface area contributed by atoms with Crippen LogP contribution in [0, 0.1) is 5.92 Å². The van der Waals surface area contributed by atoms with Gasteiger partial charge in [0.15, 0.2) is 11.5 Å². The standard InChI is InChI=1S/C17H23NO3/c19-17(10-13-6-2-1-3-7-13)18-11-14-12-20-15-8-4-5-9-16(15)21-14/h4-5,8-9,13-14H,1-3,6-7,10-12H2,(H,18,19). The lowest BCUT2D eigenvalue weighted by molar-refractivity contribution is -0.122. The Morgan fingerprint density at radius 1 is 1.14 bits per heavy atom. The van der Waals surface area contributed by atoms with Gasteiger partial charge in [0.2, 0.25) is 5.91 Å². The van der Waals surface area contributed by atoms with Crippen molar-refractivity contribution in [2.24, 2.45) is 5.92 Å². The van der Waals surface area contributed by atoms with Crippen LogP contribution in [0.5, 0.6) is 11.5 Å². The second kappa shape index (κ2) is 6.83. The van der Waals surface area contributed by atoms with E-state index in [9.17, 15) is 4.79 Å². The number of rotatable bonds is 4. The van der Waals surface area contributed by atoms with Gasteiger partial charge >= 0.3 is 0 Å². The smallest absolute Gasteiger partial charge is 0.220 e. The maximum absolute atomic E-state index is 12.0. The molecule has 1 aromatic carbocycles. The van der Waals surface area contributed by atoms with Crippen molar-refractivity contribution in [3.8, 4) is 11.5 Å². The first-order valence-electron chi connectivity index (χ1n) is 7.96. The van der Waals surface area contributed by atoms with Crippen molar-refractivity contribution in [3.63, 3.8) is 0 Å². The summed E-state index contributed by atoms with van der Waals surface area (Å²) in [7, 11) is 0. The Kier molecular flexibility index (Phi) is 4.63. The molecule has 2 aliphatic rings. The Bertz CT molecular complexity index is 483. The predicted molar refractivity (Wildman–Crippen MR) is 80.6 cm³/mol. The van der Waals surface area contributed by atoms with Crippen molar-refractivity contribution in [1.29, 1.82) is 0 Å². The molecule has 0 bridgehead atoms. The highest BCUT2D eigenvalue weighted by molar-refractivity contribution is 5.76. The van der Waals surface area contributed by atoms with Crippen molar-refractivity contribution in [1.82, 2.24) is 5.32 Å². The fraction of sp³-hybridized carbons (Fsp3) is 0.588. The number of ether oxygens (including phenoxy) is 2. The number of benzene rings is 1. The van der Waals surface area contributed by atoms with Gasteiger partial charge in [0.05, 0.1) is 6.54 Å². The Morgan fingerprint density at radius 3 is 2.71 bits per heavy atom. The summed E-state index contributed by atoms with van der Waals surface area (Å²) in [6, 6.07) is 7.64. The number of nitrogens with one attached hydrogen (secondary N) is 1. The van der Waals surface area contributed by atoms with Gasteiger partial charge in [-0.05, 0) is 30.9 Å². The first-order valence-corrected chi connectivity index (χ1v) is 7.96. The van der Waals surface area contributed by atoms with Crippen LogP contribution >= 0.6 is 0 Å². The van der Waals surface area contributed by atoms with E-state index in [0.717, 1.165) is 11.5 Å². The van der Waals surface area contributed by atoms with Crippen molar-refractivity contribution in [2.75, 3.05) is 13.2 Å². The Labute approximate surface area is 125 Å². The zero-order valence-electron chi connectivity index (χ0n) is 12.3. The molecule has 1 saturated carbocycles. The van der Waals surface area contributed by atoms with E-state index in [0.29, 0.717) is 25.5 Å². The molecule has 0 saturated heterocycles. The van der Waals surface area contributed by atoms with Crippen LogP contribution in [0.3, 0.4) is 0 Å². The molecular formula is C17H23NO3. The lowest BCUT2D eigenvalue weighted by atomic mass is 9.87. The minimum atomic E-state index is -0.102. The fourth-order valence-corrected chi connectivity index (χ4v) is 3.12. The molecule has 21 heavy (non-hydrogen) atoms. The Balaban J connectivity index is 1.42. The van der Waals surface area contributed by atoms with Gasteiger partial charge in [-0.1, -0.05) is 31.4 Å². The van der Waals surface area contributed by atoms with Crippen LogP contribution in [0.4, 0.5) is 0 Å². The molecule has 0 aromatic heterocycles. The Morgan fingerprint density at radius 2 is 1.90 bits per heavy atom. The van der Waals surface area contributed by atoms with Crippen LogP contribution in [0.15, 0.2) is 24.3 Å². The minimum absolute atomic E-state index is 0.102. The SMILES string of the molecule is O=C(CC1CCCCC1)NCC1COc2ccccc2O1. The number of fused-ring (bicyclic) bond motifs is 1. The normalized spacial score (nSPS) is 21.8. The van der Waals surface area contributed by atoms with E-state index < -0.39 is 0 Å². The molecule has 4 nitrogen and oxygen atoms in total. The monoisotopic (exact) mass is 289 g/mol. The van der Waals surface area contributed by atoms with Crippen LogP contribution in [0.1, 0.15) is 38.5 Å². The first kappa shape index (κ1) is 14.2. The molecule has 3 rings (SSSR count). The van der Waals surface area contributed by atoms with Crippen molar-refractivity contribution >= 4 is 5.91 Å². The zero-order valence-corrected chi connectivity index (χ0v) is 12.3. The average Bonchev–Trinajstić information content (AvgIpc) is 2.54. The van der Waals surface area contributed by atoms with Crippen LogP contribution in [0.2, 0.25) is 0 Å². The number of carbonyl (C=O) groups excluding carboxylic acids is 1. The summed E-state index contributed by atoms with van der Waals surface area (Å²) < 4.78 is 11.5. The number of para-hydroxylation sites is 2. The van der Waals surface area contributed by atoms with Gasteiger partial charge in [0.1, 0.15) is 12.7 Å². The van der Waals surface area contributed by atoms with Gasteiger partial charge in [0, 0.05) is 6.42 Å². The fourth-order valence-electron chi connectivity index (χ4n) is 3.12. The lowest BCUT2D eigenvalue weighted by Crippen LogP contribution is -2.41. The topological polar surface area (TPSA) is 47.6 Å². The maximum atomic E-state index is 12.0. The van der Waals surface area contributed by atoms with Crippen LogP contribution < -0.4 is 14.8 Å². The van der Waals surface area contributed by atoms with E-state index in [1.165, 1.54) is 32.1 Å². The van der Waals surface area contributed by atoms with E-state index in [1.54, 1.807) is 0 Å². The summed E-state index contributed by atoms with van der Waals surface area (Å²) in [4.78, 5) is 12.0. The van der Waals surface area contributed by atoms with Gasteiger partial charge in [-0.25, -0.2) is 0 Å². The van der Waals surface area contributed by atoms with Gasteiger partial charge < -0.3 is 14.8 Å². The molecule has 0 radical (unpaired) electrons. The van der Waals surface area contributed by atoms with Crippen molar-refractivity contribution < 1.29 is 14.3 Å². The minimum Gasteiger partial charge on any atom is -0.486 e. The van der Waals surface area contributed by atoms with E-state index in [4.69, 9.17) is 9.47 Å². The van der Waals surface area contributed by atoms with Gasteiger partial charge in [-0.3, -0.25) is 4.79 Å². The average molecular weight is 289 g/mol. The molecule has 1 fully saturated rings. The van der Waals surface area contributed by atoms with Crippen molar-refractivity contribution in [2.45, 2.75) is 44.6 Å². The second-order valence-electron chi connectivity index (χ2n) is 6.01. The summed E-state index contributed by atoms with van der Waals surface area (Å²) >= 11 is 0. The third kappa shape index (κ3) is 3.90. The second-order valence-corrected chi connectivity index (χ2v) is 6.01. The zero-order chi connectivity index (χ0) is 14.5. The highest BCUT2D eigenvalue weighted by atomic mass is 16.6. The number of hydrogen-bond donors (Lipinski definition) is 1. The number of carbonyl (C=O) groups is 1. The lowest BCUT2D eigenvalue weighted by Gasteiger charge is -2.27. The van der Waals surface area contributed by atoms with E-state index in [2.05, 4.69) is 5.32 Å². The Hall–Kier alpha value is -1.71. The molecule has 1 aliphatic carbocycles. The van der Waals surface area contributed by atoms with E-state index in [-0.39, 0.29) is 12.0 Å². The van der Waals surface area contributed by atoms with Gasteiger partial charge in [-0.2, -0.15) is 0 Å². The molecule has 4 heteroatoms. The summed E-state index contributed by atoms with van der Waals surface area (Å²) in [5.74, 6) is 2.25. The molecular weight excluding hydrogens is 266 g/mol. The highest BCUT2D eigenvalue weighted by Crippen LogP contribution is 2.30. The van der Waals surface area contributed by atoms with E-state index in [1.807, 2.05) is 24.3 Å². The summed E-state index contributed by atoms with van der Waals surface area (Å²) in [6.45, 7) is 1.00. The summed E-state index contributed by atoms with van der Waals surface area (Å²) in [6.07, 6.45) is 6.82. The molecule has 1 aromatic rings. The van der Waals surface area contributed by atoms with E-state index >= 15 is 0 Å². The molecule has 1 N–H and O–H groups in total. The molecule has 1 atom stereocenters. The third-order valence-corrected chi connectivity index (χ3v) is 4.29. The summed E-state index contributed by atoms with van der Waals surface area (Å²) in [5.41, 5.74) is 0. The van der Waals surface area contributed by atoms with Gasteiger partial charge in [0.25, 0.3) is 0 Å². The molecule has 0 spiro atoms. The largest absolute Gasteiger partial charge is 0.486 e. The molecule has 114 valence electrons. The molecule has 1 aliphatic heterocycles. The third-order valence-electron chi connectivity index (χ3n) is 4.29. The highest BCUT2D eigenvalue weighted by Gasteiger charge is 2.22. The molecule has 1 amide bonds. The van der Waals surface area contributed by atoms with Gasteiger partial charge in [-0.15, -0.1) is 0 Å². The molecule has 1 unspecified atom stereocenters. The predicted octanol–water partition coefficient (Wildman–Crippen LogP) is 2.91. The number of hydrogen-bond acceptors (Lipinski definition) is 3. The first-order chi connectivity index (χ1) is 10.3. The number of amides is 1. The molecule has 1 heterocycles. The van der Waals surface area contributed by atoms with Crippen LogP contribution in [-0.2, 0) is 4.79 Å². The van der Waals surface area contributed by atoms with Crippen molar-refractivity contribution in [3.05, 3.63) is 24.3 Å². The van der Waals surface area contributed by atoms with Crippen LogP contribution in [-0.4, -0.2) is 25.2 Å². The maximum Gasteiger partial charge on any atom is 0.220 e. The quantitative estimate of drug-likeness (QED) is 0.927. The van der Waals surface area contributed by atoms with Crippen LogP contribution in [0.25, 0.3) is 0 Å².